The maximum atomic E-state index is 10.8. The van der Waals surface area contributed by atoms with E-state index >= 15 is 0 Å². The number of ether oxygens (including phenoxy) is 1. The average Bonchev–Trinajstić information content (AvgIpc) is 2.41. The smallest absolute Gasteiger partial charge is 0.335 e. The van der Waals surface area contributed by atoms with Gasteiger partial charge in [0.2, 0.25) is 0 Å². The van der Waals surface area contributed by atoms with Crippen LogP contribution in [0.4, 0.5) is 0 Å². The number of methoxy groups -OCH3 is 1. The summed E-state index contributed by atoms with van der Waals surface area (Å²) < 4.78 is 5.30. The van der Waals surface area contributed by atoms with Gasteiger partial charge in [0.1, 0.15) is 5.75 Å². The normalized spacial score (nSPS) is 10.2. The first-order valence-corrected chi connectivity index (χ1v) is 6.06. The molecule has 0 spiro atoms. The van der Waals surface area contributed by atoms with Gasteiger partial charge in [0.15, 0.2) is 0 Å². The van der Waals surface area contributed by atoms with Crippen LogP contribution in [-0.2, 0) is 6.42 Å². The zero-order valence-corrected chi connectivity index (χ0v) is 11.0. The van der Waals surface area contributed by atoms with E-state index in [2.05, 4.69) is 6.07 Å². The first kappa shape index (κ1) is 13.1. The Kier molecular flexibility index (Phi) is 3.85. The Morgan fingerprint density at radius 1 is 1.11 bits per heavy atom. The number of carboxylic acid groups (broad SMARTS) is 1. The average molecular weight is 256 g/mol. The summed E-state index contributed by atoms with van der Waals surface area (Å²) in [6.07, 6.45) is 0.760. The lowest BCUT2D eigenvalue weighted by Gasteiger charge is -2.08. The van der Waals surface area contributed by atoms with Crippen LogP contribution >= 0.6 is 0 Å². The van der Waals surface area contributed by atoms with Crippen molar-refractivity contribution in [2.75, 3.05) is 7.11 Å². The van der Waals surface area contributed by atoms with Crippen molar-refractivity contribution in [2.24, 2.45) is 0 Å². The number of hydrogen-bond acceptors (Lipinski definition) is 2. The summed E-state index contributed by atoms with van der Waals surface area (Å²) in [7, 11) is 1.66. The molecule has 0 radical (unpaired) electrons. The minimum Gasteiger partial charge on any atom is -0.496 e. The molecule has 0 saturated carbocycles. The Balaban J connectivity index is 2.19. The van der Waals surface area contributed by atoms with E-state index in [-0.39, 0.29) is 0 Å². The van der Waals surface area contributed by atoms with E-state index in [1.807, 2.05) is 31.2 Å². The first-order chi connectivity index (χ1) is 9.10. The van der Waals surface area contributed by atoms with Crippen molar-refractivity contribution < 1.29 is 14.6 Å². The second kappa shape index (κ2) is 5.57. The molecule has 0 fully saturated rings. The third kappa shape index (κ3) is 3.13. The van der Waals surface area contributed by atoms with Crippen LogP contribution in [0.25, 0.3) is 0 Å². The quantitative estimate of drug-likeness (QED) is 0.913. The van der Waals surface area contributed by atoms with Crippen LogP contribution in [0.2, 0.25) is 0 Å². The molecule has 3 heteroatoms. The van der Waals surface area contributed by atoms with Crippen molar-refractivity contribution in [3.05, 3.63) is 64.7 Å². The van der Waals surface area contributed by atoms with Crippen molar-refractivity contribution >= 4 is 5.97 Å². The molecular formula is C16H16O3. The zero-order chi connectivity index (χ0) is 13.8. The number of rotatable bonds is 4. The molecule has 19 heavy (non-hydrogen) atoms. The molecule has 0 amide bonds. The predicted octanol–water partition coefficient (Wildman–Crippen LogP) is 3.29. The molecule has 0 aromatic heterocycles. The van der Waals surface area contributed by atoms with Crippen LogP contribution in [-0.4, -0.2) is 18.2 Å². The van der Waals surface area contributed by atoms with Crippen LogP contribution in [0, 0.1) is 6.92 Å². The van der Waals surface area contributed by atoms with Gasteiger partial charge in [-0.1, -0.05) is 24.3 Å². The molecule has 2 rings (SSSR count). The van der Waals surface area contributed by atoms with Crippen LogP contribution in [0.3, 0.4) is 0 Å². The summed E-state index contributed by atoms with van der Waals surface area (Å²) in [5, 5.41) is 8.85. The molecule has 0 heterocycles. The molecule has 1 N–H and O–H groups in total. The highest BCUT2D eigenvalue weighted by Crippen LogP contribution is 2.21. The van der Waals surface area contributed by atoms with E-state index in [0.717, 1.165) is 28.9 Å². The summed E-state index contributed by atoms with van der Waals surface area (Å²) >= 11 is 0. The standard InChI is InChI=1S/C16H16O3/c1-11-3-4-13(10-15(11)19-2)9-12-5-7-14(8-6-12)16(17)18/h3-8,10H,9H2,1-2H3,(H,17,18). The lowest BCUT2D eigenvalue weighted by atomic mass is 10.0. The molecule has 0 aliphatic rings. The van der Waals surface area contributed by atoms with Gasteiger partial charge < -0.3 is 9.84 Å². The van der Waals surface area contributed by atoms with Gasteiger partial charge in [-0.05, 0) is 48.2 Å². The van der Waals surface area contributed by atoms with Gasteiger partial charge in [0.25, 0.3) is 0 Å². The summed E-state index contributed by atoms with van der Waals surface area (Å²) in [6.45, 7) is 2.00. The first-order valence-electron chi connectivity index (χ1n) is 6.06. The molecule has 0 atom stereocenters. The summed E-state index contributed by atoms with van der Waals surface area (Å²) in [5.41, 5.74) is 3.64. The Bertz CT molecular complexity index is 585. The van der Waals surface area contributed by atoms with Crippen LogP contribution < -0.4 is 4.74 Å². The SMILES string of the molecule is COc1cc(Cc2ccc(C(=O)O)cc2)ccc1C. The molecule has 0 saturated heterocycles. The highest BCUT2D eigenvalue weighted by Gasteiger charge is 2.04. The number of aryl methyl sites for hydroxylation is 1. The lowest BCUT2D eigenvalue weighted by molar-refractivity contribution is 0.0697. The van der Waals surface area contributed by atoms with E-state index in [1.54, 1.807) is 19.2 Å². The van der Waals surface area contributed by atoms with E-state index in [1.165, 1.54) is 0 Å². The molecule has 0 unspecified atom stereocenters. The molecule has 0 aliphatic heterocycles. The largest absolute Gasteiger partial charge is 0.496 e. The fraction of sp³-hybridized carbons (Fsp3) is 0.188. The summed E-state index contributed by atoms with van der Waals surface area (Å²) in [5.74, 6) is -0.0248. The Labute approximate surface area is 112 Å². The number of carbonyl (C=O) groups is 1. The van der Waals surface area contributed by atoms with Crippen LogP contribution in [0.5, 0.6) is 5.75 Å². The maximum Gasteiger partial charge on any atom is 0.335 e. The summed E-state index contributed by atoms with van der Waals surface area (Å²) in [4.78, 5) is 10.8. The Morgan fingerprint density at radius 3 is 2.32 bits per heavy atom. The van der Waals surface area contributed by atoms with Crippen molar-refractivity contribution in [1.29, 1.82) is 0 Å². The van der Waals surface area contributed by atoms with Gasteiger partial charge in [-0.3, -0.25) is 0 Å². The number of aromatic carboxylic acids is 1. The summed E-state index contributed by atoms with van der Waals surface area (Å²) in [6, 6.07) is 13.0. The molecular weight excluding hydrogens is 240 g/mol. The lowest BCUT2D eigenvalue weighted by Crippen LogP contribution is -1.97. The highest BCUT2D eigenvalue weighted by molar-refractivity contribution is 5.87. The van der Waals surface area contributed by atoms with Crippen molar-refractivity contribution in [3.8, 4) is 5.75 Å². The molecule has 0 aliphatic carbocycles. The van der Waals surface area contributed by atoms with Gasteiger partial charge in [0, 0.05) is 0 Å². The molecule has 3 nitrogen and oxygen atoms in total. The van der Waals surface area contributed by atoms with Crippen LogP contribution in [0.1, 0.15) is 27.0 Å². The van der Waals surface area contributed by atoms with Gasteiger partial charge >= 0.3 is 5.97 Å². The molecule has 2 aromatic carbocycles. The maximum absolute atomic E-state index is 10.8. The van der Waals surface area contributed by atoms with Gasteiger partial charge in [0.05, 0.1) is 12.7 Å². The predicted molar refractivity (Wildman–Crippen MR) is 73.9 cm³/mol. The topological polar surface area (TPSA) is 46.5 Å². The minimum atomic E-state index is -0.899. The fourth-order valence-electron chi connectivity index (χ4n) is 1.98. The van der Waals surface area contributed by atoms with Gasteiger partial charge in [-0.2, -0.15) is 0 Å². The minimum absolute atomic E-state index is 0.310. The van der Waals surface area contributed by atoms with Gasteiger partial charge in [-0.25, -0.2) is 4.79 Å². The van der Waals surface area contributed by atoms with E-state index in [0.29, 0.717) is 5.56 Å². The zero-order valence-electron chi connectivity index (χ0n) is 11.0. The Hall–Kier alpha value is -2.29. The van der Waals surface area contributed by atoms with Crippen molar-refractivity contribution in [1.82, 2.24) is 0 Å². The van der Waals surface area contributed by atoms with Crippen molar-refractivity contribution in [3.63, 3.8) is 0 Å². The second-order valence-corrected chi connectivity index (χ2v) is 4.48. The monoisotopic (exact) mass is 256 g/mol. The Morgan fingerprint density at radius 2 is 1.74 bits per heavy atom. The van der Waals surface area contributed by atoms with E-state index in [9.17, 15) is 4.79 Å². The van der Waals surface area contributed by atoms with Crippen molar-refractivity contribution in [2.45, 2.75) is 13.3 Å². The second-order valence-electron chi connectivity index (χ2n) is 4.48. The number of hydrogen-bond donors (Lipinski definition) is 1. The van der Waals surface area contributed by atoms with E-state index in [4.69, 9.17) is 9.84 Å². The van der Waals surface area contributed by atoms with E-state index < -0.39 is 5.97 Å². The van der Waals surface area contributed by atoms with Gasteiger partial charge in [-0.15, -0.1) is 0 Å². The highest BCUT2D eigenvalue weighted by atomic mass is 16.5. The third-order valence-electron chi connectivity index (χ3n) is 3.08. The third-order valence-corrected chi connectivity index (χ3v) is 3.08. The molecule has 0 bridgehead atoms. The number of carboxylic acids is 1. The molecule has 98 valence electrons. The van der Waals surface area contributed by atoms with Crippen LogP contribution in [0.15, 0.2) is 42.5 Å². The number of benzene rings is 2. The molecule has 2 aromatic rings. The fourth-order valence-corrected chi connectivity index (χ4v) is 1.98.